The van der Waals surface area contributed by atoms with Gasteiger partial charge in [-0.05, 0) is 19.3 Å². The lowest BCUT2D eigenvalue weighted by molar-refractivity contribution is 0.0773. The molecule has 158 valence electrons. The molecule has 0 aliphatic rings. The lowest BCUT2D eigenvalue weighted by atomic mass is 10.2. The molecule has 0 aliphatic carbocycles. The summed E-state index contributed by atoms with van der Waals surface area (Å²) in [6.07, 6.45) is 17.5. The van der Waals surface area contributed by atoms with Crippen LogP contribution in [0.1, 0.15) is 117 Å². The Morgan fingerprint density at radius 3 is 1.00 bits per heavy atom. The lowest BCUT2D eigenvalue weighted by Crippen LogP contribution is -2.10. The fourth-order valence-electron chi connectivity index (χ4n) is 2.77. The predicted molar refractivity (Wildman–Crippen MR) is 113 cm³/mol. The Morgan fingerprint density at radius 2 is 0.731 bits per heavy atom. The highest BCUT2D eigenvalue weighted by molar-refractivity contribution is 7.55. The maximum atomic E-state index is 10.7. The van der Waals surface area contributed by atoms with Crippen LogP contribution in [0.4, 0.5) is 0 Å². The molecule has 4 nitrogen and oxygen atoms in total. The van der Waals surface area contributed by atoms with Crippen molar-refractivity contribution in [3.63, 3.8) is 0 Å². The first-order chi connectivity index (χ1) is 12.7. The molecule has 0 bridgehead atoms. The van der Waals surface area contributed by atoms with Gasteiger partial charge in [0.2, 0.25) is 0 Å². The van der Waals surface area contributed by atoms with Gasteiger partial charge in [0.05, 0.1) is 0 Å². The van der Waals surface area contributed by atoms with Crippen molar-refractivity contribution in [3.8, 4) is 0 Å². The van der Waals surface area contributed by atoms with Crippen LogP contribution in [0.3, 0.4) is 0 Å². The van der Waals surface area contributed by atoms with E-state index in [2.05, 4.69) is 20.8 Å². The molecule has 0 spiro atoms. The van der Waals surface area contributed by atoms with Crippen LogP contribution in [-0.2, 0) is 13.6 Å². The van der Waals surface area contributed by atoms with Crippen molar-refractivity contribution in [3.05, 3.63) is 0 Å². The van der Waals surface area contributed by atoms with E-state index in [4.69, 9.17) is 13.6 Å². The molecule has 0 atom stereocenters. The first-order valence-electron chi connectivity index (χ1n) is 11.2. The van der Waals surface area contributed by atoms with E-state index in [0.717, 1.165) is 38.5 Å². The Bertz CT molecular complexity index is 236. The molecule has 0 fully saturated rings. The number of rotatable bonds is 21. The van der Waals surface area contributed by atoms with Gasteiger partial charge in [0.1, 0.15) is 19.8 Å². The summed E-state index contributed by atoms with van der Waals surface area (Å²) in [5.41, 5.74) is 0. The molecule has 0 radical (unpaired) electrons. The van der Waals surface area contributed by atoms with Crippen molar-refractivity contribution in [1.82, 2.24) is 0 Å². The molecule has 0 unspecified atom stereocenters. The fourth-order valence-corrected chi connectivity index (χ4v) is 4.07. The standard InChI is InChI=1S/C21H46O4P/c1-4-7-10-13-16-19-23-26(22,24-20-17-14-11-8-5-2)25-21-18-15-12-9-6-3/h22H,4-21H2,1-3H3/q+1. The molecule has 0 saturated carbocycles. The lowest BCUT2D eigenvalue weighted by Gasteiger charge is -2.15. The molecular weight excluding hydrogens is 347 g/mol. The zero-order chi connectivity index (χ0) is 19.3. The summed E-state index contributed by atoms with van der Waals surface area (Å²) in [5.74, 6) is 0. The first-order valence-corrected chi connectivity index (χ1v) is 12.7. The number of unbranched alkanes of at least 4 members (excludes halogenated alkanes) is 12. The summed E-state index contributed by atoms with van der Waals surface area (Å²) < 4.78 is 17.1. The molecule has 0 rings (SSSR count). The third-order valence-corrected chi connectivity index (χ3v) is 6.03. The van der Waals surface area contributed by atoms with Crippen molar-refractivity contribution in [2.24, 2.45) is 0 Å². The zero-order valence-corrected chi connectivity index (χ0v) is 18.7. The number of hydrogen-bond acceptors (Lipinski definition) is 4. The third kappa shape index (κ3) is 17.7. The molecule has 26 heavy (non-hydrogen) atoms. The average molecular weight is 394 g/mol. The highest BCUT2D eigenvalue weighted by Gasteiger charge is 2.44. The Hall–Kier alpha value is 0.270. The van der Waals surface area contributed by atoms with Gasteiger partial charge >= 0.3 is 8.17 Å². The third-order valence-electron chi connectivity index (χ3n) is 4.51. The molecule has 0 aliphatic heterocycles. The minimum atomic E-state index is -3.14. The van der Waals surface area contributed by atoms with E-state index in [9.17, 15) is 4.89 Å². The highest BCUT2D eigenvalue weighted by atomic mass is 31.2. The van der Waals surface area contributed by atoms with Crippen LogP contribution < -0.4 is 0 Å². The SMILES string of the molecule is CCCCCCCO[P+](O)(OCCCCCCC)OCCCCCCC. The molecule has 5 heteroatoms. The topological polar surface area (TPSA) is 47.9 Å². The van der Waals surface area contributed by atoms with Crippen molar-refractivity contribution in [1.29, 1.82) is 0 Å². The molecule has 0 saturated heterocycles. The average Bonchev–Trinajstić information content (AvgIpc) is 2.64. The quantitative estimate of drug-likeness (QED) is 0.161. The van der Waals surface area contributed by atoms with Crippen LogP contribution in [0.15, 0.2) is 0 Å². The van der Waals surface area contributed by atoms with Crippen molar-refractivity contribution >= 4 is 8.17 Å². The van der Waals surface area contributed by atoms with Crippen LogP contribution in [0.2, 0.25) is 0 Å². The number of hydrogen-bond donors (Lipinski definition) is 1. The van der Waals surface area contributed by atoms with Crippen LogP contribution in [0, 0.1) is 0 Å². The van der Waals surface area contributed by atoms with Gasteiger partial charge in [0.25, 0.3) is 0 Å². The van der Waals surface area contributed by atoms with Gasteiger partial charge in [0.15, 0.2) is 0 Å². The summed E-state index contributed by atoms with van der Waals surface area (Å²) in [7, 11) is -3.14. The second-order valence-electron chi connectivity index (χ2n) is 7.21. The smallest absolute Gasteiger partial charge is 0.168 e. The second kappa shape index (κ2) is 20.0. The molecular formula is C21H46O4P+. The van der Waals surface area contributed by atoms with E-state index in [0.29, 0.717) is 19.8 Å². The van der Waals surface area contributed by atoms with E-state index in [-0.39, 0.29) is 0 Å². The summed E-state index contributed by atoms with van der Waals surface area (Å²) in [6, 6.07) is 0. The summed E-state index contributed by atoms with van der Waals surface area (Å²) >= 11 is 0. The van der Waals surface area contributed by atoms with Gasteiger partial charge in [-0.2, -0.15) is 18.5 Å². The normalized spacial score (nSPS) is 12.0. The van der Waals surface area contributed by atoms with Crippen LogP contribution >= 0.6 is 8.17 Å². The van der Waals surface area contributed by atoms with Crippen molar-refractivity contribution < 1.29 is 18.5 Å². The molecule has 0 heterocycles. The monoisotopic (exact) mass is 393 g/mol. The van der Waals surface area contributed by atoms with Gasteiger partial charge in [-0.25, -0.2) is 0 Å². The molecule has 0 amide bonds. The van der Waals surface area contributed by atoms with Crippen LogP contribution in [-0.4, -0.2) is 24.7 Å². The van der Waals surface area contributed by atoms with Gasteiger partial charge in [-0.3, -0.25) is 0 Å². The first kappa shape index (κ1) is 26.3. The molecule has 0 aromatic carbocycles. The summed E-state index contributed by atoms with van der Waals surface area (Å²) in [4.78, 5) is 10.7. The Balaban J connectivity index is 4.02. The van der Waals surface area contributed by atoms with Crippen molar-refractivity contribution in [2.75, 3.05) is 19.8 Å². The molecule has 0 aromatic heterocycles. The predicted octanol–water partition coefficient (Wildman–Crippen LogP) is 7.62. The van der Waals surface area contributed by atoms with E-state index >= 15 is 0 Å². The summed E-state index contributed by atoms with van der Waals surface area (Å²) in [6.45, 7) is 8.22. The Kier molecular flexibility index (Phi) is 20.2. The van der Waals surface area contributed by atoms with E-state index < -0.39 is 8.17 Å². The van der Waals surface area contributed by atoms with Crippen LogP contribution in [0.5, 0.6) is 0 Å². The fraction of sp³-hybridized carbons (Fsp3) is 1.00. The zero-order valence-electron chi connectivity index (χ0n) is 17.8. The maximum absolute atomic E-state index is 10.7. The van der Waals surface area contributed by atoms with E-state index in [1.54, 1.807) is 0 Å². The summed E-state index contributed by atoms with van der Waals surface area (Å²) in [5, 5.41) is 0. The highest BCUT2D eigenvalue weighted by Crippen LogP contribution is 2.58. The minimum absolute atomic E-state index is 0.527. The van der Waals surface area contributed by atoms with Gasteiger partial charge in [-0.15, -0.1) is 0 Å². The second-order valence-corrected chi connectivity index (χ2v) is 8.92. The molecule has 0 aromatic rings. The Labute approximate surface area is 164 Å². The Morgan fingerprint density at radius 1 is 0.462 bits per heavy atom. The minimum Gasteiger partial charge on any atom is -0.168 e. The maximum Gasteiger partial charge on any atom is 0.572 e. The largest absolute Gasteiger partial charge is 0.572 e. The molecule has 1 N–H and O–H groups in total. The van der Waals surface area contributed by atoms with Crippen molar-refractivity contribution in [2.45, 2.75) is 117 Å². The van der Waals surface area contributed by atoms with Gasteiger partial charge in [0, 0.05) is 0 Å². The van der Waals surface area contributed by atoms with Crippen LogP contribution in [0.25, 0.3) is 0 Å². The van der Waals surface area contributed by atoms with E-state index in [1.807, 2.05) is 0 Å². The van der Waals surface area contributed by atoms with Gasteiger partial charge < -0.3 is 0 Å². The van der Waals surface area contributed by atoms with Gasteiger partial charge in [-0.1, -0.05) is 97.8 Å². The van der Waals surface area contributed by atoms with E-state index in [1.165, 1.54) is 57.8 Å².